The first-order valence-corrected chi connectivity index (χ1v) is 21.1. The summed E-state index contributed by atoms with van der Waals surface area (Å²) in [7, 11) is 1.75. The van der Waals surface area contributed by atoms with Crippen LogP contribution in [0.15, 0.2) is 66.2 Å². The van der Waals surface area contributed by atoms with Gasteiger partial charge in [0.15, 0.2) is 5.78 Å². The number of benzene rings is 2. The summed E-state index contributed by atoms with van der Waals surface area (Å²) < 4.78 is 0. The largest absolute Gasteiger partial charge is 0.352 e. The maximum atomic E-state index is 14.4. The molecule has 2 N–H and O–H groups in total. The highest BCUT2D eigenvalue weighted by molar-refractivity contribution is 6.09. The van der Waals surface area contributed by atoms with Gasteiger partial charge in [0.25, 0.3) is 0 Å². The quantitative estimate of drug-likeness (QED) is 0.151. The molecule has 57 heavy (non-hydrogen) atoms. The van der Waals surface area contributed by atoms with Crippen LogP contribution in [0.2, 0.25) is 0 Å². The molecule has 2 aliphatic rings. The minimum Gasteiger partial charge on any atom is -0.352 e. The Morgan fingerprint density at radius 1 is 0.772 bits per heavy atom. The molecule has 0 spiro atoms. The van der Waals surface area contributed by atoms with E-state index in [1.54, 1.807) is 35.9 Å². The van der Waals surface area contributed by atoms with Crippen molar-refractivity contribution in [3.05, 3.63) is 82.9 Å². The van der Waals surface area contributed by atoms with Crippen LogP contribution in [0.5, 0.6) is 0 Å². The summed E-state index contributed by atoms with van der Waals surface area (Å²) in [4.78, 5) is 74.4. The van der Waals surface area contributed by atoms with Crippen molar-refractivity contribution in [3.8, 4) is 0 Å². The summed E-state index contributed by atoms with van der Waals surface area (Å²) in [5, 5.41) is 6.30. The van der Waals surface area contributed by atoms with Gasteiger partial charge in [-0.05, 0) is 82.2 Å². The fourth-order valence-corrected chi connectivity index (χ4v) is 8.22. The number of nitrogens with one attached hydrogen (secondary N) is 2. The lowest BCUT2D eigenvalue weighted by molar-refractivity contribution is -0.142. The van der Waals surface area contributed by atoms with Crippen molar-refractivity contribution in [3.63, 3.8) is 0 Å². The molecule has 2 aromatic rings. The number of nitrogens with zero attached hydrogens (tertiary/aromatic N) is 3. The Morgan fingerprint density at radius 3 is 1.96 bits per heavy atom. The average molecular weight is 784 g/mol. The number of likely N-dealkylation sites (tertiary alicyclic amines) is 2. The molecule has 2 aliphatic heterocycles. The molecular weight excluding hydrogens is 715 g/mol. The van der Waals surface area contributed by atoms with Crippen LogP contribution in [0, 0.1) is 17.3 Å². The summed E-state index contributed by atoms with van der Waals surface area (Å²) in [6.07, 6.45) is 6.52. The van der Waals surface area contributed by atoms with Crippen molar-refractivity contribution in [2.45, 2.75) is 144 Å². The summed E-state index contributed by atoms with van der Waals surface area (Å²) in [5.41, 5.74) is 2.16. The van der Waals surface area contributed by atoms with E-state index in [1.807, 2.05) is 90.1 Å². The predicted molar refractivity (Wildman–Crippen MR) is 228 cm³/mol. The number of carbonyl (C=O) groups is 5. The van der Waals surface area contributed by atoms with Crippen LogP contribution in [0.25, 0.3) is 0 Å². The van der Waals surface area contributed by atoms with E-state index in [2.05, 4.69) is 36.3 Å². The number of rotatable bonds is 15. The first kappa shape index (κ1) is 45.4. The lowest BCUT2D eigenvalue weighted by Gasteiger charge is -2.42. The SMILES string of the molecule is CC(=C[C@H](C(C)C)N(C)C(=O)[C@@H](NC(=O)[C@H]1CCCCN1C(C)C(C)C)C(C)(C)C)C(=O)N1CCC[C@H]1C(=O)N[C@H](C)Cc1ccc(C(=O)c2ccccc2)cc1. The van der Waals surface area contributed by atoms with Gasteiger partial charge in [0, 0.05) is 42.4 Å². The zero-order chi connectivity index (χ0) is 42.2. The standard InChI is InChI=1S/C47H69N5O5/c1-30(2)34(7)51-26-16-15-20-38(51)44(55)49-42(47(8,9)10)46(57)50(11)40(31(3)4)28-32(5)45(56)52-27-17-21-39(52)43(54)48-33(6)29-35-22-24-37(25-23-35)41(53)36-18-13-12-14-19-36/h12-14,18-19,22-25,28,30-31,33-34,38-40,42H,15-17,20-21,26-27,29H2,1-11H3,(H,48,54)(H,49,55)/t33-,34?,38-,39+,40-,42-/m1/s1. The summed E-state index contributed by atoms with van der Waals surface area (Å²) in [6.45, 7) is 21.5. The van der Waals surface area contributed by atoms with Crippen LogP contribution in [-0.2, 0) is 25.6 Å². The molecule has 10 heteroatoms. The molecule has 4 rings (SSSR count). The maximum absolute atomic E-state index is 14.4. The predicted octanol–water partition coefficient (Wildman–Crippen LogP) is 6.82. The molecule has 312 valence electrons. The third-order valence-corrected chi connectivity index (χ3v) is 12.0. The molecule has 6 atom stereocenters. The molecule has 0 bridgehead atoms. The number of hydrogen-bond acceptors (Lipinski definition) is 6. The Labute approximate surface area is 342 Å². The minimum absolute atomic E-state index is 0.0252. The Bertz CT molecular complexity index is 1730. The van der Waals surface area contributed by atoms with E-state index in [9.17, 15) is 24.0 Å². The molecule has 2 heterocycles. The molecule has 0 saturated carbocycles. The Morgan fingerprint density at radius 2 is 1.37 bits per heavy atom. The Kier molecular flexibility index (Phi) is 15.8. The molecule has 4 amide bonds. The van der Waals surface area contributed by atoms with Gasteiger partial charge >= 0.3 is 0 Å². The number of carbonyl (C=O) groups excluding carboxylic acids is 5. The number of hydrogen-bond donors (Lipinski definition) is 2. The Hall–Kier alpha value is -4.31. The van der Waals surface area contributed by atoms with Crippen molar-refractivity contribution in [1.29, 1.82) is 0 Å². The number of ketones is 1. The van der Waals surface area contributed by atoms with Gasteiger partial charge in [-0.3, -0.25) is 28.9 Å². The monoisotopic (exact) mass is 784 g/mol. The molecule has 2 saturated heterocycles. The van der Waals surface area contributed by atoms with Crippen LogP contribution in [0.1, 0.15) is 123 Å². The molecule has 2 aromatic carbocycles. The Balaban J connectivity index is 1.41. The first-order valence-electron chi connectivity index (χ1n) is 21.1. The second-order valence-electron chi connectivity index (χ2n) is 18.2. The van der Waals surface area contributed by atoms with Crippen molar-refractivity contribution in [2.75, 3.05) is 20.1 Å². The zero-order valence-electron chi connectivity index (χ0n) is 36.4. The molecule has 2 fully saturated rings. The minimum atomic E-state index is -0.762. The average Bonchev–Trinajstić information content (AvgIpc) is 3.68. The number of piperidine rings is 1. The zero-order valence-corrected chi connectivity index (χ0v) is 36.4. The number of amides is 4. The second-order valence-corrected chi connectivity index (χ2v) is 18.2. The molecule has 1 unspecified atom stereocenters. The van der Waals surface area contributed by atoms with E-state index in [1.165, 1.54) is 0 Å². The van der Waals surface area contributed by atoms with Crippen molar-refractivity contribution in [1.82, 2.24) is 25.3 Å². The van der Waals surface area contributed by atoms with Gasteiger partial charge in [-0.2, -0.15) is 0 Å². The van der Waals surface area contributed by atoms with Crippen LogP contribution in [0.4, 0.5) is 0 Å². The summed E-state index contributed by atoms with van der Waals surface area (Å²) in [6, 6.07) is 14.7. The molecule has 0 aliphatic carbocycles. The lowest BCUT2D eigenvalue weighted by atomic mass is 9.84. The lowest BCUT2D eigenvalue weighted by Crippen LogP contribution is -2.61. The number of likely N-dealkylation sites (N-methyl/N-ethyl adjacent to an activating group) is 1. The fourth-order valence-electron chi connectivity index (χ4n) is 8.22. The highest BCUT2D eigenvalue weighted by Crippen LogP contribution is 2.28. The van der Waals surface area contributed by atoms with Gasteiger partial charge in [-0.15, -0.1) is 0 Å². The molecule has 0 radical (unpaired) electrons. The third-order valence-electron chi connectivity index (χ3n) is 12.0. The van der Waals surface area contributed by atoms with Crippen LogP contribution in [0.3, 0.4) is 0 Å². The van der Waals surface area contributed by atoms with Gasteiger partial charge in [-0.1, -0.05) is 116 Å². The highest BCUT2D eigenvalue weighted by Gasteiger charge is 2.41. The van der Waals surface area contributed by atoms with Crippen molar-refractivity contribution >= 4 is 29.4 Å². The van der Waals surface area contributed by atoms with Crippen molar-refractivity contribution < 1.29 is 24.0 Å². The van der Waals surface area contributed by atoms with E-state index in [0.717, 1.165) is 37.8 Å². The summed E-state index contributed by atoms with van der Waals surface area (Å²) >= 11 is 0. The first-order chi connectivity index (χ1) is 26.8. The van der Waals surface area contributed by atoms with E-state index in [-0.39, 0.29) is 53.5 Å². The topological polar surface area (TPSA) is 119 Å². The molecule has 10 nitrogen and oxygen atoms in total. The van der Waals surface area contributed by atoms with E-state index in [4.69, 9.17) is 0 Å². The van der Waals surface area contributed by atoms with Gasteiger partial charge in [0.2, 0.25) is 23.6 Å². The normalized spacial score (nSPS) is 20.2. The van der Waals surface area contributed by atoms with E-state index >= 15 is 0 Å². The van der Waals surface area contributed by atoms with Gasteiger partial charge in [0.05, 0.1) is 12.1 Å². The molecule has 0 aromatic heterocycles. The van der Waals surface area contributed by atoms with Crippen LogP contribution >= 0.6 is 0 Å². The summed E-state index contributed by atoms with van der Waals surface area (Å²) in [5.74, 6) is -0.369. The highest BCUT2D eigenvalue weighted by atomic mass is 16.2. The third kappa shape index (κ3) is 11.6. The van der Waals surface area contributed by atoms with Gasteiger partial charge < -0.3 is 20.4 Å². The fraction of sp³-hybridized carbons (Fsp3) is 0.596. The van der Waals surface area contributed by atoms with E-state index < -0.39 is 23.5 Å². The van der Waals surface area contributed by atoms with Gasteiger partial charge in [-0.25, -0.2) is 0 Å². The van der Waals surface area contributed by atoms with Crippen LogP contribution < -0.4 is 10.6 Å². The van der Waals surface area contributed by atoms with Crippen LogP contribution in [-0.4, -0.2) is 100 Å². The van der Waals surface area contributed by atoms with E-state index in [0.29, 0.717) is 42.0 Å². The van der Waals surface area contributed by atoms with Gasteiger partial charge in [0.1, 0.15) is 12.1 Å². The van der Waals surface area contributed by atoms with Crippen molar-refractivity contribution in [2.24, 2.45) is 17.3 Å². The second kappa shape index (κ2) is 19.9. The molecular formula is C47H69N5O5. The smallest absolute Gasteiger partial charge is 0.249 e. The maximum Gasteiger partial charge on any atom is 0.249 e.